The highest BCUT2D eigenvalue weighted by molar-refractivity contribution is 5.93. The molecule has 0 spiro atoms. The van der Waals surface area contributed by atoms with E-state index in [-0.39, 0.29) is 29.8 Å². The maximum Gasteiger partial charge on any atom is 0.196 e. The van der Waals surface area contributed by atoms with Gasteiger partial charge in [-0.25, -0.2) is 23.1 Å². The zero-order valence-corrected chi connectivity index (χ0v) is 16.4. The number of nitrogens with zero attached hydrogens (tertiary/aromatic N) is 2. The normalized spacial score (nSPS) is 22.5. The first-order chi connectivity index (χ1) is 15.0. The first-order valence-electron chi connectivity index (χ1n) is 9.68. The summed E-state index contributed by atoms with van der Waals surface area (Å²) in [5.74, 6) is -3.14. The van der Waals surface area contributed by atoms with Gasteiger partial charge in [0.1, 0.15) is 18.2 Å². The first-order valence-corrected chi connectivity index (χ1v) is 9.68. The zero-order valence-electron chi connectivity index (χ0n) is 16.4. The van der Waals surface area contributed by atoms with Crippen molar-refractivity contribution in [2.24, 2.45) is 0 Å². The van der Waals surface area contributed by atoms with Gasteiger partial charge in [-0.2, -0.15) is 0 Å². The van der Waals surface area contributed by atoms with Crippen LogP contribution >= 0.6 is 0 Å². The summed E-state index contributed by atoms with van der Waals surface area (Å²) in [7, 11) is 1.49. The Hall–Kier alpha value is -3.11. The largest absolute Gasteiger partial charge is 0.493 e. The fourth-order valence-corrected chi connectivity index (χ4v) is 3.86. The number of methoxy groups -OCH3 is 1. The Labute approximate surface area is 175 Å². The third-order valence-electron chi connectivity index (χ3n) is 5.41. The van der Waals surface area contributed by atoms with Crippen LogP contribution in [0, 0.1) is 17.5 Å². The summed E-state index contributed by atoms with van der Waals surface area (Å²) in [4.78, 5) is 8.34. The molecule has 0 saturated carbocycles. The van der Waals surface area contributed by atoms with Crippen LogP contribution in [-0.2, 0) is 9.47 Å². The zero-order chi connectivity index (χ0) is 21.5. The minimum absolute atomic E-state index is 0.0283. The molecule has 0 aliphatic carbocycles. The summed E-state index contributed by atoms with van der Waals surface area (Å²) in [5, 5.41) is 3.17. The molecule has 3 aromatic rings. The molecule has 3 heterocycles. The van der Waals surface area contributed by atoms with Crippen molar-refractivity contribution >= 4 is 22.4 Å². The Morgan fingerprint density at radius 2 is 1.94 bits per heavy atom. The number of benzene rings is 2. The molecule has 2 unspecified atom stereocenters. The van der Waals surface area contributed by atoms with Gasteiger partial charge in [-0.05, 0) is 24.6 Å². The van der Waals surface area contributed by atoms with E-state index in [0.29, 0.717) is 35.6 Å². The average Bonchev–Trinajstić information content (AvgIpc) is 3.39. The van der Waals surface area contributed by atoms with E-state index in [2.05, 4.69) is 15.3 Å². The molecule has 162 valence electrons. The Bertz CT molecular complexity index is 1150. The van der Waals surface area contributed by atoms with E-state index < -0.39 is 17.5 Å². The van der Waals surface area contributed by atoms with Gasteiger partial charge in [-0.1, -0.05) is 0 Å². The van der Waals surface area contributed by atoms with Gasteiger partial charge in [-0.3, -0.25) is 0 Å². The summed E-state index contributed by atoms with van der Waals surface area (Å²) in [6, 6.07) is 5.23. The van der Waals surface area contributed by atoms with Crippen LogP contribution in [0.3, 0.4) is 0 Å². The smallest absolute Gasteiger partial charge is 0.196 e. The van der Waals surface area contributed by atoms with Gasteiger partial charge < -0.3 is 24.3 Å². The van der Waals surface area contributed by atoms with E-state index in [1.165, 1.54) is 13.4 Å². The van der Waals surface area contributed by atoms with Gasteiger partial charge in [0.25, 0.3) is 0 Å². The number of aromatic nitrogens is 2. The number of fused-ring (bicyclic) bond motifs is 2. The Morgan fingerprint density at radius 3 is 2.77 bits per heavy atom. The van der Waals surface area contributed by atoms with Crippen molar-refractivity contribution in [3.63, 3.8) is 0 Å². The van der Waals surface area contributed by atoms with E-state index >= 15 is 0 Å². The molecule has 3 atom stereocenters. The molecular formula is C21H18F3N3O4. The lowest BCUT2D eigenvalue weighted by Crippen LogP contribution is -2.32. The van der Waals surface area contributed by atoms with E-state index in [9.17, 15) is 13.2 Å². The second kappa shape index (κ2) is 7.86. The number of hydrogen-bond acceptors (Lipinski definition) is 7. The SMILES string of the molecule is COc1cc2c(Nc3ccc(F)c(F)c3F)ncnc2cc1O[C@@H]1COC2CCOC21. The highest BCUT2D eigenvalue weighted by Crippen LogP contribution is 2.38. The standard InChI is InChI=1S/C21H18F3N3O4/c1-28-15-6-10-13(7-16(15)31-17-8-30-14-4-5-29-20(14)17)25-9-26-21(10)27-12-3-2-11(22)18(23)19(12)24/h2-3,6-7,9,14,17,20H,4-5,8H2,1H3,(H,25,26,27)/t14?,17-,20?/m1/s1. The monoisotopic (exact) mass is 433 g/mol. The van der Waals surface area contributed by atoms with Crippen LogP contribution in [0.25, 0.3) is 10.9 Å². The van der Waals surface area contributed by atoms with Gasteiger partial charge in [0.2, 0.25) is 0 Å². The van der Waals surface area contributed by atoms with Crippen molar-refractivity contribution in [2.75, 3.05) is 25.6 Å². The molecule has 31 heavy (non-hydrogen) atoms. The highest BCUT2D eigenvalue weighted by atomic mass is 19.2. The Kier molecular flexibility index (Phi) is 5.03. The minimum atomic E-state index is -1.57. The Morgan fingerprint density at radius 1 is 1.06 bits per heavy atom. The molecule has 0 amide bonds. The topological polar surface area (TPSA) is 74.7 Å². The van der Waals surface area contributed by atoms with Crippen molar-refractivity contribution in [2.45, 2.75) is 24.7 Å². The van der Waals surface area contributed by atoms with Gasteiger partial charge in [0, 0.05) is 18.1 Å². The molecule has 1 N–H and O–H groups in total. The van der Waals surface area contributed by atoms with Gasteiger partial charge in [0.05, 0.1) is 31.0 Å². The molecular weight excluding hydrogens is 415 g/mol. The number of anilines is 2. The third-order valence-corrected chi connectivity index (χ3v) is 5.41. The molecule has 1 aromatic heterocycles. The third kappa shape index (κ3) is 3.51. The molecule has 5 rings (SSSR count). The summed E-state index contributed by atoms with van der Waals surface area (Å²) in [6.45, 7) is 1.04. The van der Waals surface area contributed by atoms with Crippen LogP contribution in [0.2, 0.25) is 0 Å². The fraction of sp³-hybridized carbons (Fsp3) is 0.333. The fourth-order valence-electron chi connectivity index (χ4n) is 3.86. The van der Waals surface area contributed by atoms with Crippen LogP contribution < -0.4 is 14.8 Å². The summed E-state index contributed by atoms with van der Waals surface area (Å²) in [6.07, 6.45) is 1.71. The second-order valence-corrected chi connectivity index (χ2v) is 7.24. The van der Waals surface area contributed by atoms with Gasteiger partial charge >= 0.3 is 0 Å². The van der Waals surface area contributed by atoms with Crippen molar-refractivity contribution in [3.05, 3.63) is 48.0 Å². The van der Waals surface area contributed by atoms with Crippen molar-refractivity contribution in [1.82, 2.24) is 9.97 Å². The van der Waals surface area contributed by atoms with Crippen LogP contribution in [0.4, 0.5) is 24.7 Å². The van der Waals surface area contributed by atoms with Gasteiger partial charge in [0.15, 0.2) is 35.1 Å². The van der Waals surface area contributed by atoms with E-state index in [1.807, 2.05) is 0 Å². The highest BCUT2D eigenvalue weighted by Gasteiger charge is 2.43. The molecule has 2 fully saturated rings. The maximum absolute atomic E-state index is 14.1. The number of halogens is 3. The maximum atomic E-state index is 14.1. The summed E-state index contributed by atoms with van der Waals surface area (Å²) >= 11 is 0. The molecule has 2 saturated heterocycles. The van der Waals surface area contributed by atoms with E-state index in [4.69, 9.17) is 18.9 Å². The van der Waals surface area contributed by atoms with Crippen LogP contribution in [0.5, 0.6) is 11.5 Å². The number of rotatable bonds is 5. The Balaban J connectivity index is 1.49. The molecule has 2 aliphatic rings. The number of hydrogen-bond donors (Lipinski definition) is 1. The van der Waals surface area contributed by atoms with Crippen molar-refractivity contribution < 1.29 is 32.1 Å². The van der Waals surface area contributed by atoms with Crippen LogP contribution in [0.15, 0.2) is 30.6 Å². The van der Waals surface area contributed by atoms with E-state index in [0.717, 1.165) is 18.6 Å². The molecule has 10 heteroatoms. The second-order valence-electron chi connectivity index (χ2n) is 7.24. The van der Waals surface area contributed by atoms with Gasteiger partial charge in [-0.15, -0.1) is 0 Å². The first kappa shape index (κ1) is 19.8. The lowest BCUT2D eigenvalue weighted by molar-refractivity contribution is 0.0298. The summed E-state index contributed by atoms with van der Waals surface area (Å²) in [5.41, 5.74) is 0.227. The number of nitrogens with one attached hydrogen (secondary N) is 1. The predicted molar refractivity (Wildman–Crippen MR) is 104 cm³/mol. The van der Waals surface area contributed by atoms with Crippen LogP contribution in [0.1, 0.15) is 6.42 Å². The molecule has 2 aromatic carbocycles. The predicted octanol–water partition coefficient (Wildman–Crippen LogP) is 3.73. The van der Waals surface area contributed by atoms with Crippen molar-refractivity contribution in [1.29, 1.82) is 0 Å². The molecule has 2 aliphatic heterocycles. The van der Waals surface area contributed by atoms with Crippen molar-refractivity contribution in [3.8, 4) is 11.5 Å². The lowest BCUT2D eigenvalue weighted by atomic mass is 10.1. The molecule has 0 bridgehead atoms. The molecule has 7 nitrogen and oxygen atoms in total. The lowest BCUT2D eigenvalue weighted by Gasteiger charge is -2.20. The summed E-state index contributed by atoms with van der Waals surface area (Å²) < 4.78 is 63.9. The van der Waals surface area contributed by atoms with E-state index in [1.54, 1.807) is 12.1 Å². The quantitative estimate of drug-likeness (QED) is 0.615. The molecule has 0 radical (unpaired) electrons. The number of ether oxygens (including phenoxy) is 4. The minimum Gasteiger partial charge on any atom is -0.493 e. The average molecular weight is 433 g/mol. The van der Waals surface area contributed by atoms with Crippen LogP contribution in [-0.4, -0.2) is 48.6 Å².